The number of ether oxygens (including phenoxy) is 1. The molecule has 0 bridgehead atoms. The Morgan fingerprint density at radius 3 is 3.38 bits per heavy atom. The molecule has 0 amide bonds. The molecule has 0 radical (unpaired) electrons. The average Bonchev–Trinajstić information content (AvgIpc) is 2.25. The Kier molecular flexibility index (Phi) is 2.14. The monoisotopic (exact) mass is 182 g/mol. The summed E-state index contributed by atoms with van der Waals surface area (Å²) in [5, 5.41) is 3.15. The summed E-state index contributed by atoms with van der Waals surface area (Å²) in [6.07, 6.45) is 1.26. The third-order valence-corrected chi connectivity index (χ3v) is 1.95. The van der Waals surface area contributed by atoms with E-state index in [1.54, 1.807) is 0 Å². The number of halogens is 1. The average molecular weight is 182 g/mol. The van der Waals surface area contributed by atoms with Crippen molar-refractivity contribution in [3.63, 3.8) is 0 Å². The lowest BCUT2D eigenvalue weighted by molar-refractivity contribution is 0.217. The smallest absolute Gasteiger partial charge is 0.218 e. The number of aromatic nitrogens is 1. The van der Waals surface area contributed by atoms with Crippen LogP contribution in [0.5, 0.6) is 5.88 Å². The minimum Gasteiger partial charge on any atom is -0.473 e. The largest absolute Gasteiger partial charge is 0.473 e. The van der Waals surface area contributed by atoms with Gasteiger partial charge < -0.3 is 10.1 Å². The summed E-state index contributed by atoms with van der Waals surface area (Å²) in [5.74, 6) is 0.220. The van der Waals surface area contributed by atoms with Crippen molar-refractivity contribution in [2.75, 3.05) is 6.54 Å². The summed E-state index contributed by atoms with van der Waals surface area (Å²) < 4.78 is 18.3. The lowest BCUT2D eigenvalue weighted by Gasteiger charge is -2.10. The van der Waals surface area contributed by atoms with Crippen molar-refractivity contribution in [2.24, 2.45) is 0 Å². The van der Waals surface area contributed by atoms with Crippen LogP contribution in [0.4, 0.5) is 4.39 Å². The van der Waals surface area contributed by atoms with Crippen LogP contribution in [0.1, 0.15) is 12.5 Å². The topological polar surface area (TPSA) is 34.2 Å². The van der Waals surface area contributed by atoms with Gasteiger partial charge in [0.1, 0.15) is 11.9 Å². The van der Waals surface area contributed by atoms with Crippen LogP contribution in [-0.4, -0.2) is 17.6 Å². The van der Waals surface area contributed by atoms with Crippen LogP contribution < -0.4 is 10.1 Å². The standard InChI is InChI=1S/C9H11FN2O/c1-6-3-11-4-7-2-8(10)5-12-9(7)13-6/h2,5-6,11H,3-4H2,1H3/t6-/m0/s1. The van der Waals surface area contributed by atoms with Crippen LogP contribution in [0.3, 0.4) is 0 Å². The molecule has 2 heterocycles. The molecule has 1 aliphatic rings. The Hall–Kier alpha value is -1.16. The van der Waals surface area contributed by atoms with E-state index >= 15 is 0 Å². The van der Waals surface area contributed by atoms with Crippen molar-refractivity contribution in [1.29, 1.82) is 0 Å². The maximum Gasteiger partial charge on any atom is 0.218 e. The third kappa shape index (κ3) is 1.78. The molecule has 1 aromatic heterocycles. The number of hydrogen-bond donors (Lipinski definition) is 1. The molecular weight excluding hydrogens is 171 g/mol. The molecule has 0 saturated carbocycles. The van der Waals surface area contributed by atoms with E-state index in [0.29, 0.717) is 12.4 Å². The summed E-state index contributed by atoms with van der Waals surface area (Å²) in [7, 11) is 0. The molecule has 1 atom stereocenters. The zero-order valence-electron chi connectivity index (χ0n) is 7.38. The predicted molar refractivity (Wildman–Crippen MR) is 46.0 cm³/mol. The van der Waals surface area contributed by atoms with Crippen molar-refractivity contribution in [1.82, 2.24) is 10.3 Å². The van der Waals surface area contributed by atoms with E-state index in [-0.39, 0.29) is 11.9 Å². The Bertz CT molecular complexity index is 316. The number of rotatable bonds is 0. The minimum atomic E-state index is -0.321. The van der Waals surface area contributed by atoms with E-state index < -0.39 is 0 Å². The molecular formula is C9H11FN2O. The van der Waals surface area contributed by atoms with Gasteiger partial charge in [0.15, 0.2) is 0 Å². The molecule has 2 rings (SSSR count). The van der Waals surface area contributed by atoms with E-state index in [1.165, 1.54) is 12.3 Å². The Morgan fingerprint density at radius 2 is 2.54 bits per heavy atom. The van der Waals surface area contributed by atoms with Gasteiger partial charge in [-0.05, 0) is 13.0 Å². The first-order valence-corrected chi connectivity index (χ1v) is 4.27. The van der Waals surface area contributed by atoms with Crippen LogP contribution in [0.25, 0.3) is 0 Å². The number of nitrogens with zero attached hydrogens (tertiary/aromatic N) is 1. The highest BCUT2D eigenvalue weighted by Gasteiger charge is 2.14. The highest BCUT2D eigenvalue weighted by molar-refractivity contribution is 5.27. The fourth-order valence-corrected chi connectivity index (χ4v) is 1.34. The van der Waals surface area contributed by atoms with Crippen LogP contribution in [-0.2, 0) is 6.54 Å². The fraction of sp³-hybridized carbons (Fsp3) is 0.444. The number of pyridine rings is 1. The molecule has 0 aromatic carbocycles. The van der Waals surface area contributed by atoms with Crippen molar-refractivity contribution in [3.8, 4) is 5.88 Å². The van der Waals surface area contributed by atoms with Crippen molar-refractivity contribution in [2.45, 2.75) is 19.6 Å². The van der Waals surface area contributed by atoms with E-state index in [4.69, 9.17) is 4.74 Å². The highest BCUT2D eigenvalue weighted by Crippen LogP contribution is 2.19. The molecule has 0 saturated heterocycles. The summed E-state index contributed by atoms with van der Waals surface area (Å²) in [6, 6.07) is 1.45. The first-order valence-electron chi connectivity index (χ1n) is 4.27. The third-order valence-electron chi connectivity index (χ3n) is 1.95. The summed E-state index contributed by atoms with van der Waals surface area (Å²) in [5.41, 5.74) is 0.782. The second kappa shape index (κ2) is 3.30. The molecule has 0 aliphatic carbocycles. The Labute approximate surface area is 75.9 Å². The van der Waals surface area contributed by atoms with E-state index in [1.807, 2.05) is 6.92 Å². The molecule has 1 N–H and O–H groups in total. The predicted octanol–water partition coefficient (Wildman–Crippen LogP) is 1.09. The number of fused-ring (bicyclic) bond motifs is 1. The van der Waals surface area contributed by atoms with Gasteiger partial charge in [-0.15, -0.1) is 0 Å². The van der Waals surface area contributed by atoms with Gasteiger partial charge in [0.05, 0.1) is 6.20 Å². The second-order valence-electron chi connectivity index (χ2n) is 3.18. The number of nitrogens with one attached hydrogen (secondary N) is 1. The van der Waals surface area contributed by atoms with Gasteiger partial charge in [-0.1, -0.05) is 0 Å². The Balaban J connectivity index is 2.34. The number of hydrogen-bond acceptors (Lipinski definition) is 3. The SMILES string of the molecule is C[C@H]1CNCc2cc(F)cnc2O1. The zero-order chi connectivity index (χ0) is 9.26. The first-order chi connectivity index (χ1) is 6.25. The second-order valence-corrected chi connectivity index (χ2v) is 3.18. The van der Waals surface area contributed by atoms with Gasteiger partial charge in [0.25, 0.3) is 0 Å². The molecule has 1 aromatic rings. The first kappa shape index (κ1) is 8.44. The maximum absolute atomic E-state index is 12.8. The molecule has 13 heavy (non-hydrogen) atoms. The minimum absolute atomic E-state index is 0.0826. The normalized spacial score (nSPS) is 21.5. The van der Waals surface area contributed by atoms with Gasteiger partial charge >= 0.3 is 0 Å². The van der Waals surface area contributed by atoms with Gasteiger partial charge in [-0.25, -0.2) is 9.37 Å². The Morgan fingerprint density at radius 1 is 1.69 bits per heavy atom. The van der Waals surface area contributed by atoms with Gasteiger partial charge in [-0.2, -0.15) is 0 Å². The summed E-state index contributed by atoms with van der Waals surface area (Å²) in [6.45, 7) is 3.33. The maximum atomic E-state index is 12.8. The molecule has 0 unspecified atom stereocenters. The highest BCUT2D eigenvalue weighted by atomic mass is 19.1. The van der Waals surface area contributed by atoms with Gasteiger partial charge in [0.2, 0.25) is 5.88 Å². The molecule has 1 aliphatic heterocycles. The molecule has 3 nitrogen and oxygen atoms in total. The van der Waals surface area contributed by atoms with E-state index in [2.05, 4.69) is 10.3 Å². The van der Waals surface area contributed by atoms with Crippen LogP contribution >= 0.6 is 0 Å². The van der Waals surface area contributed by atoms with Gasteiger partial charge in [-0.3, -0.25) is 0 Å². The van der Waals surface area contributed by atoms with Crippen LogP contribution in [0.2, 0.25) is 0 Å². The van der Waals surface area contributed by atoms with E-state index in [9.17, 15) is 4.39 Å². The van der Waals surface area contributed by atoms with Crippen molar-refractivity contribution in [3.05, 3.63) is 23.6 Å². The lowest BCUT2D eigenvalue weighted by atomic mass is 10.2. The molecule has 0 fully saturated rings. The van der Waals surface area contributed by atoms with Crippen LogP contribution in [0, 0.1) is 5.82 Å². The summed E-state index contributed by atoms with van der Waals surface area (Å²) >= 11 is 0. The summed E-state index contributed by atoms with van der Waals surface area (Å²) in [4.78, 5) is 3.89. The quantitative estimate of drug-likeness (QED) is 0.652. The van der Waals surface area contributed by atoms with Crippen molar-refractivity contribution < 1.29 is 9.13 Å². The van der Waals surface area contributed by atoms with Crippen molar-refractivity contribution >= 4 is 0 Å². The lowest BCUT2D eigenvalue weighted by Crippen LogP contribution is -2.25. The molecule has 0 spiro atoms. The molecule has 4 heteroatoms. The molecule has 70 valence electrons. The van der Waals surface area contributed by atoms with Gasteiger partial charge in [0, 0.05) is 18.7 Å². The fourth-order valence-electron chi connectivity index (χ4n) is 1.34. The zero-order valence-corrected chi connectivity index (χ0v) is 7.38. The van der Waals surface area contributed by atoms with Crippen LogP contribution in [0.15, 0.2) is 12.3 Å². The van der Waals surface area contributed by atoms with E-state index in [0.717, 1.165) is 12.1 Å².